The summed E-state index contributed by atoms with van der Waals surface area (Å²) in [6.07, 6.45) is 1.84. The van der Waals surface area contributed by atoms with E-state index in [0.29, 0.717) is 12.5 Å². The van der Waals surface area contributed by atoms with Crippen LogP contribution in [0.5, 0.6) is 0 Å². The zero-order valence-electron chi connectivity index (χ0n) is 9.37. The SMILES string of the molecule is C[C@@H]1C[C@@H]1C(=O)NCCc1ccccc1Cl. The Morgan fingerprint density at radius 1 is 1.50 bits per heavy atom. The van der Waals surface area contributed by atoms with Crippen LogP contribution in [0.3, 0.4) is 0 Å². The van der Waals surface area contributed by atoms with Crippen molar-refractivity contribution in [2.45, 2.75) is 19.8 Å². The molecule has 1 aliphatic carbocycles. The second kappa shape index (κ2) is 4.88. The van der Waals surface area contributed by atoms with E-state index in [4.69, 9.17) is 11.6 Å². The van der Waals surface area contributed by atoms with Crippen LogP contribution in [0.25, 0.3) is 0 Å². The highest BCUT2D eigenvalue weighted by Gasteiger charge is 2.38. The van der Waals surface area contributed by atoms with E-state index in [0.717, 1.165) is 23.4 Å². The first-order valence-electron chi connectivity index (χ1n) is 5.69. The van der Waals surface area contributed by atoms with Gasteiger partial charge in [-0.25, -0.2) is 0 Å². The quantitative estimate of drug-likeness (QED) is 0.857. The van der Waals surface area contributed by atoms with Gasteiger partial charge in [0.05, 0.1) is 0 Å². The Morgan fingerprint density at radius 2 is 2.19 bits per heavy atom. The molecular weight excluding hydrogens is 222 g/mol. The Balaban J connectivity index is 1.76. The number of hydrogen-bond acceptors (Lipinski definition) is 1. The van der Waals surface area contributed by atoms with E-state index >= 15 is 0 Å². The Bertz CT molecular complexity index is 391. The zero-order chi connectivity index (χ0) is 11.5. The summed E-state index contributed by atoms with van der Waals surface area (Å²) in [5.74, 6) is 1.02. The van der Waals surface area contributed by atoms with Crippen LogP contribution in [-0.4, -0.2) is 12.5 Å². The van der Waals surface area contributed by atoms with Crippen LogP contribution in [0.15, 0.2) is 24.3 Å². The van der Waals surface area contributed by atoms with Gasteiger partial charge in [-0.15, -0.1) is 0 Å². The molecule has 0 unspecified atom stereocenters. The number of rotatable bonds is 4. The molecule has 0 spiro atoms. The first-order valence-corrected chi connectivity index (χ1v) is 6.07. The van der Waals surface area contributed by atoms with E-state index < -0.39 is 0 Å². The van der Waals surface area contributed by atoms with Crippen molar-refractivity contribution in [2.24, 2.45) is 11.8 Å². The number of halogens is 1. The van der Waals surface area contributed by atoms with Crippen molar-refractivity contribution in [1.29, 1.82) is 0 Å². The fourth-order valence-electron chi connectivity index (χ4n) is 1.84. The first kappa shape index (κ1) is 11.5. The van der Waals surface area contributed by atoms with Gasteiger partial charge in [-0.05, 0) is 30.4 Å². The van der Waals surface area contributed by atoms with E-state index in [1.54, 1.807) is 0 Å². The maximum absolute atomic E-state index is 11.5. The molecule has 0 aliphatic heterocycles. The van der Waals surface area contributed by atoms with Crippen LogP contribution >= 0.6 is 11.6 Å². The van der Waals surface area contributed by atoms with Gasteiger partial charge >= 0.3 is 0 Å². The first-order chi connectivity index (χ1) is 7.68. The van der Waals surface area contributed by atoms with Gasteiger partial charge in [0.1, 0.15) is 0 Å². The highest BCUT2D eigenvalue weighted by molar-refractivity contribution is 6.31. The Morgan fingerprint density at radius 3 is 2.81 bits per heavy atom. The molecule has 1 saturated carbocycles. The van der Waals surface area contributed by atoms with Crippen molar-refractivity contribution in [1.82, 2.24) is 5.32 Å². The molecule has 1 aromatic rings. The monoisotopic (exact) mass is 237 g/mol. The maximum atomic E-state index is 11.5. The molecule has 16 heavy (non-hydrogen) atoms. The van der Waals surface area contributed by atoms with Crippen LogP contribution in [0.1, 0.15) is 18.9 Å². The molecule has 2 atom stereocenters. The maximum Gasteiger partial charge on any atom is 0.223 e. The second-order valence-electron chi connectivity index (χ2n) is 4.45. The van der Waals surface area contributed by atoms with Gasteiger partial charge < -0.3 is 5.32 Å². The predicted octanol–water partition coefficient (Wildman–Crippen LogP) is 2.65. The predicted molar refractivity (Wildman–Crippen MR) is 65.4 cm³/mol. The summed E-state index contributed by atoms with van der Waals surface area (Å²) in [7, 11) is 0. The number of benzene rings is 1. The minimum Gasteiger partial charge on any atom is -0.356 e. The molecule has 2 rings (SSSR count). The van der Waals surface area contributed by atoms with Gasteiger partial charge in [-0.2, -0.15) is 0 Å². The number of carbonyl (C=O) groups is 1. The molecule has 0 bridgehead atoms. The van der Waals surface area contributed by atoms with Crippen molar-refractivity contribution in [3.05, 3.63) is 34.9 Å². The van der Waals surface area contributed by atoms with E-state index in [1.807, 2.05) is 24.3 Å². The molecule has 1 aliphatic rings. The topological polar surface area (TPSA) is 29.1 Å². The van der Waals surface area contributed by atoms with E-state index in [-0.39, 0.29) is 11.8 Å². The van der Waals surface area contributed by atoms with Crippen LogP contribution < -0.4 is 5.32 Å². The number of amides is 1. The van der Waals surface area contributed by atoms with Gasteiger partial charge in [-0.3, -0.25) is 4.79 Å². The van der Waals surface area contributed by atoms with Gasteiger partial charge in [0.15, 0.2) is 0 Å². The fraction of sp³-hybridized carbons (Fsp3) is 0.462. The molecule has 1 amide bonds. The summed E-state index contributed by atoms with van der Waals surface area (Å²) < 4.78 is 0. The molecule has 3 heteroatoms. The summed E-state index contributed by atoms with van der Waals surface area (Å²) in [6.45, 7) is 2.78. The van der Waals surface area contributed by atoms with Gasteiger partial charge in [-0.1, -0.05) is 36.7 Å². The van der Waals surface area contributed by atoms with Crippen LogP contribution in [0, 0.1) is 11.8 Å². The molecule has 0 aromatic heterocycles. The summed E-state index contributed by atoms with van der Waals surface area (Å²) in [5.41, 5.74) is 1.09. The summed E-state index contributed by atoms with van der Waals surface area (Å²) in [5, 5.41) is 3.73. The van der Waals surface area contributed by atoms with Crippen molar-refractivity contribution >= 4 is 17.5 Å². The highest BCUT2D eigenvalue weighted by atomic mass is 35.5. The third-order valence-electron chi connectivity index (χ3n) is 3.10. The average molecular weight is 238 g/mol. The Kier molecular flexibility index (Phi) is 3.49. The third kappa shape index (κ3) is 2.76. The van der Waals surface area contributed by atoms with Crippen molar-refractivity contribution in [2.75, 3.05) is 6.54 Å². The molecule has 1 aromatic carbocycles. The lowest BCUT2D eigenvalue weighted by Crippen LogP contribution is -2.27. The lowest BCUT2D eigenvalue weighted by Gasteiger charge is -2.06. The molecule has 86 valence electrons. The van der Waals surface area contributed by atoms with E-state index in [9.17, 15) is 4.79 Å². The minimum absolute atomic E-state index is 0.194. The smallest absolute Gasteiger partial charge is 0.223 e. The van der Waals surface area contributed by atoms with Crippen LogP contribution in [-0.2, 0) is 11.2 Å². The molecule has 1 fully saturated rings. The Hall–Kier alpha value is -1.02. The van der Waals surface area contributed by atoms with Gasteiger partial charge in [0.2, 0.25) is 5.91 Å². The average Bonchev–Trinajstić information content (AvgIpc) is 2.98. The standard InChI is InChI=1S/C13H16ClNO/c1-9-8-11(9)13(16)15-7-6-10-4-2-3-5-12(10)14/h2-5,9,11H,6-8H2,1H3,(H,15,16)/t9-,11+/m1/s1. The largest absolute Gasteiger partial charge is 0.356 e. The summed E-state index contributed by atoms with van der Waals surface area (Å²) in [6, 6.07) is 7.75. The fourth-order valence-corrected chi connectivity index (χ4v) is 2.07. The highest BCUT2D eigenvalue weighted by Crippen LogP contribution is 2.37. The lowest BCUT2D eigenvalue weighted by molar-refractivity contribution is -0.122. The number of nitrogens with one attached hydrogen (secondary N) is 1. The molecule has 0 heterocycles. The lowest BCUT2D eigenvalue weighted by atomic mass is 10.1. The zero-order valence-corrected chi connectivity index (χ0v) is 10.1. The van der Waals surface area contributed by atoms with Crippen LogP contribution in [0.4, 0.5) is 0 Å². The minimum atomic E-state index is 0.194. The molecule has 0 saturated heterocycles. The van der Waals surface area contributed by atoms with Gasteiger partial charge in [0, 0.05) is 17.5 Å². The normalized spacial score (nSPS) is 22.9. The van der Waals surface area contributed by atoms with Crippen molar-refractivity contribution in [3.63, 3.8) is 0 Å². The molecule has 1 N–H and O–H groups in total. The Labute approximate surface area is 101 Å². The summed E-state index contributed by atoms with van der Waals surface area (Å²) in [4.78, 5) is 11.5. The third-order valence-corrected chi connectivity index (χ3v) is 3.47. The molecule has 0 radical (unpaired) electrons. The number of carbonyl (C=O) groups excluding carboxylic acids is 1. The van der Waals surface area contributed by atoms with Crippen molar-refractivity contribution in [3.8, 4) is 0 Å². The van der Waals surface area contributed by atoms with E-state index in [2.05, 4.69) is 12.2 Å². The number of hydrogen-bond donors (Lipinski definition) is 1. The van der Waals surface area contributed by atoms with Gasteiger partial charge in [0.25, 0.3) is 0 Å². The van der Waals surface area contributed by atoms with Crippen molar-refractivity contribution < 1.29 is 4.79 Å². The molecule has 2 nitrogen and oxygen atoms in total. The molecular formula is C13H16ClNO. The van der Waals surface area contributed by atoms with Crippen LogP contribution in [0.2, 0.25) is 5.02 Å². The summed E-state index contributed by atoms with van der Waals surface area (Å²) >= 11 is 6.02. The second-order valence-corrected chi connectivity index (χ2v) is 4.86. The van der Waals surface area contributed by atoms with E-state index in [1.165, 1.54) is 0 Å².